The van der Waals surface area contributed by atoms with E-state index in [9.17, 15) is 4.79 Å². The van der Waals surface area contributed by atoms with Crippen molar-refractivity contribution in [3.63, 3.8) is 0 Å². The fraction of sp³-hybridized carbons (Fsp3) is 0.333. The van der Waals surface area contributed by atoms with Gasteiger partial charge in [0, 0.05) is 24.9 Å². The summed E-state index contributed by atoms with van der Waals surface area (Å²) >= 11 is 0. The summed E-state index contributed by atoms with van der Waals surface area (Å²) in [5, 5.41) is 2.81. The lowest BCUT2D eigenvalue weighted by molar-refractivity contribution is -0.123. The summed E-state index contributed by atoms with van der Waals surface area (Å²) in [4.78, 5) is 18.6. The largest absolute Gasteiger partial charge is 0.484 e. The van der Waals surface area contributed by atoms with Gasteiger partial charge in [-0.05, 0) is 25.5 Å². The van der Waals surface area contributed by atoms with E-state index in [0.29, 0.717) is 6.54 Å². The number of imidazole rings is 1. The fourth-order valence-corrected chi connectivity index (χ4v) is 1.91. The molecule has 0 radical (unpaired) electrons. The summed E-state index contributed by atoms with van der Waals surface area (Å²) in [6.45, 7) is 4.60. The Labute approximate surface area is 118 Å². The molecule has 1 amide bonds. The molecular formula is C15H19N3O2. The van der Waals surface area contributed by atoms with Crippen LogP contribution in [0.4, 0.5) is 0 Å². The van der Waals surface area contributed by atoms with Crippen LogP contribution in [0.2, 0.25) is 0 Å². The van der Waals surface area contributed by atoms with E-state index in [-0.39, 0.29) is 12.5 Å². The van der Waals surface area contributed by atoms with Crippen molar-refractivity contribution in [3.8, 4) is 5.75 Å². The summed E-state index contributed by atoms with van der Waals surface area (Å²) < 4.78 is 5.51. The SMILES string of the molecule is Cc1ccc(OCC(=O)NCCc2cnc[nH]2)c(C)c1. The number of amides is 1. The molecule has 0 saturated carbocycles. The minimum absolute atomic E-state index is 0.0346. The van der Waals surface area contributed by atoms with E-state index in [1.54, 1.807) is 12.5 Å². The number of aromatic nitrogens is 2. The Morgan fingerprint density at radius 2 is 2.25 bits per heavy atom. The molecule has 0 spiro atoms. The van der Waals surface area contributed by atoms with Crippen LogP contribution in [-0.2, 0) is 11.2 Å². The highest BCUT2D eigenvalue weighted by molar-refractivity contribution is 5.77. The Morgan fingerprint density at radius 3 is 2.95 bits per heavy atom. The van der Waals surface area contributed by atoms with Gasteiger partial charge < -0.3 is 15.0 Å². The van der Waals surface area contributed by atoms with Gasteiger partial charge in [-0.25, -0.2) is 4.98 Å². The highest BCUT2D eigenvalue weighted by Gasteiger charge is 2.05. The van der Waals surface area contributed by atoms with E-state index in [1.807, 2.05) is 32.0 Å². The standard InChI is InChI=1S/C15H19N3O2/c1-11-3-4-14(12(2)7-11)20-9-15(19)17-6-5-13-8-16-10-18-13/h3-4,7-8,10H,5-6,9H2,1-2H3,(H,16,18)(H,17,19). The lowest BCUT2D eigenvalue weighted by atomic mass is 10.1. The monoisotopic (exact) mass is 273 g/mol. The van der Waals surface area contributed by atoms with Crippen LogP contribution in [0.1, 0.15) is 16.8 Å². The van der Waals surface area contributed by atoms with Crippen molar-refractivity contribution in [1.82, 2.24) is 15.3 Å². The predicted molar refractivity (Wildman–Crippen MR) is 76.7 cm³/mol. The summed E-state index contributed by atoms with van der Waals surface area (Å²) in [6, 6.07) is 5.90. The van der Waals surface area contributed by atoms with Crippen LogP contribution >= 0.6 is 0 Å². The first kappa shape index (κ1) is 14.1. The van der Waals surface area contributed by atoms with Gasteiger partial charge in [-0.2, -0.15) is 0 Å². The number of nitrogens with zero attached hydrogens (tertiary/aromatic N) is 1. The highest BCUT2D eigenvalue weighted by Crippen LogP contribution is 2.18. The molecule has 20 heavy (non-hydrogen) atoms. The summed E-state index contributed by atoms with van der Waals surface area (Å²) in [5.41, 5.74) is 3.22. The van der Waals surface area contributed by atoms with E-state index < -0.39 is 0 Å². The molecule has 1 aromatic carbocycles. The quantitative estimate of drug-likeness (QED) is 0.843. The smallest absolute Gasteiger partial charge is 0.257 e. The van der Waals surface area contributed by atoms with Gasteiger partial charge >= 0.3 is 0 Å². The number of rotatable bonds is 6. The second-order valence-electron chi connectivity index (χ2n) is 4.73. The van der Waals surface area contributed by atoms with Crippen molar-refractivity contribution in [3.05, 3.63) is 47.5 Å². The number of hydrogen-bond donors (Lipinski definition) is 2. The molecule has 0 saturated heterocycles. The zero-order valence-electron chi connectivity index (χ0n) is 11.8. The minimum Gasteiger partial charge on any atom is -0.484 e. The number of aryl methyl sites for hydroxylation is 2. The minimum atomic E-state index is -0.121. The van der Waals surface area contributed by atoms with Crippen LogP contribution in [-0.4, -0.2) is 29.0 Å². The predicted octanol–water partition coefficient (Wildman–Crippen LogP) is 1.76. The fourth-order valence-electron chi connectivity index (χ4n) is 1.91. The van der Waals surface area contributed by atoms with Crippen LogP contribution in [0.25, 0.3) is 0 Å². The van der Waals surface area contributed by atoms with Crippen molar-refractivity contribution in [2.24, 2.45) is 0 Å². The van der Waals surface area contributed by atoms with E-state index >= 15 is 0 Å². The van der Waals surface area contributed by atoms with Crippen LogP contribution < -0.4 is 10.1 Å². The van der Waals surface area contributed by atoms with Gasteiger partial charge in [-0.3, -0.25) is 4.79 Å². The number of aromatic amines is 1. The van der Waals surface area contributed by atoms with E-state index in [2.05, 4.69) is 15.3 Å². The molecule has 106 valence electrons. The van der Waals surface area contributed by atoms with E-state index in [1.165, 1.54) is 5.56 Å². The van der Waals surface area contributed by atoms with E-state index in [0.717, 1.165) is 23.4 Å². The zero-order valence-corrected chi connectivity index (χ0v) is 11.8. The van der Waals surface area contributed by atoms with Crippen molar-refractivity contribution in [2.75, 3.05) is 13.2 Å². The first-order valence-electron chi connectivity index (χ1n) is 6.59. The number of ether oxygens (including phenoxy) is 1. The van der Waals surface area contributed by atoms with Gasteiger partial charge in [0.1, 0.15) is 5.75 Å². The maximum absolute atomic E-state index is 11.7. The van der Waals surface area contributed by atoms with Gasteiger partial charge in [0.05, 0.1) is 6.33 Å². The molecule has 2 N–H and O–H groups in total. The van der Waals surface area contributed by atoms with Crippen LogP contribution in [0.5, 0.6) is 5.75 Å². The van der Waals surface area contributed by atoms with Crippen molar-refractivity contribution < 1.29 is 9.53 Å². The van der Waals surface area contributed by atoms with Gasteiger partial charge in [0.25, 0.3) is 5.91 Å². The van der Waals surface area contributed by atoms with Crippen molar-refractivity contribution in [2.45, 2.75) is 20.3 Å². The molecule has 1 heterocycles. The Bertz CT molecular complexity index is 565. The molecule has 0 aliphatic rings. The molecule has 5 heteroatoms. The number of H-pyrrole nitrogens is 1. The van der Waals surface area contributed by atoms with Gasteiger partial charge in [0.15, 0.2) is 6.61 Å². The molecule has 0 atom stereocenters. The Morgan fingerprint density at radius 1 is 1.40 bits per heavy atom. The first-order valence-corrected chi connectivity index (χ1v) is 6.59. The molecule has 2 rings (SSSR count). The van der Waals surface area contributed by atoms with Gasteiger partial charge in [-0.15, -0.1) is 0 Å². The molecule has 5 nitrogen and oxygen atoms in total. The molecule has 0 aliphatic heterocycles. The molecule has 1 aromatic heterocycles. The number of carbonyl (C=O) groups excluding carboxylic acids is 1. The third-order valence-corrected chi connectivity index (χ3v) is 2.96. The van der Waals surface area contributed by atoms with Gasteiger partial charge in [-0.1, -0.05) is 17.7 Å². The molecular weight excluding hydrogens is 254 g/mol. The van der Waals surface area contributed by atoms with Gasteiger partial charge in [0.2, 0.25) is 0 Å². The van der Waals surface area contributed by atoms with Crippen molar-refractivity contribution >= 4 is 5.91 Å². The normalized spacial score (nSPS) is 10.3. The average molecular weight is 273 g/mol. The lowest BCUT2D eigenvalue weighted by Gasteiger charge is -2.10. The third kappa shape index (κ3) is 4.12. The summed E-state index contributed by atoms with van der Waals surface area (Å²) in [7, 11) is 0. The number of benzene rings is 1. The second-order valence-corrected chi connectivity index (χ2v) is 4.73. The maximum atomic E-state index is 11.7. The average Bonchev–Trinajstić information content (AvgIpc) is 2.91. The highest BCUT2D eigenvalue weighted by atomic mass is 16.5. The summed E-state index contributed by atoms with van der Waals surface area (Å²) in [5.74, 6) is 0.629. The topological polar surface area (TPSA) is 67.0 Å². The third-order valence-electron chi connectivity index (χ3n) is 2.96. The lowest BCUT2D eigenvalue weighted by Crippen LogP contribution is -2.30. The molecule has 2 aromatic rings. The van der Waals surface area contributed by atoms with Crippen LogP contribution in [0, 0.1) is 13.8 Å². The Hall–Kier alpha value is -2.30. The Kier molecular flexibility index (Phi) is 4.76. The zero-order chi connectivity index (χ0) is 14.4. The Balaban J connectivity index is 1.72. The van der Waals surface area contributed by atoms with Crippen LogP contribution in [0.15, 0.2) is 30.7 Å². The number of carbonyl (C=O) groups is 1. The number of nitrogens with one attached hydrogen (secondary N) is 2. The molecule has 0 aliphatic carbocycles. The van der Waals surface area contributed by atoms with Crippen molar-refractivity contribution in [1.29, 1.82) is 0 Å². The molecule has 0 bridgehead atoms. The molecule has 0 fully saturated rings. The maximum Gasteiger partial charge on any atom is 0.257 e. The second kappa shape index (κ2) is 6.75. The summed E-state index contributed by atoms with van der Waals surface area (Å²) in [6.07, 6.45) is 4.11. The number of hydrogen-bond acceptors (Lipinski definition) is 3. The van der Waals surface area contributed by atoms with E-state index in [4.69, 9.17) is 4.74 Å². The first-order chi connectivity index (χ1) is 9.65. The van der Waals surface area contributed by atoms with Crippen LogP contribution in [0.3, 0.4) is 0 Å². The molecule has 0 unspecified atom stereocenters.